The fourth-order valence-electron chi connectivity index (χ4n) is 4.53. The third kappa shape index (κ3) is 4.62. The van der Waals surface area contributed by atoms with Gasteiger partial charge in [0.2, 0.25) is 0 Å². The van der Waals surface area contributed by atoms with E-state index in [9.17, 15) is 14.9 Å². The summed E-state index contributed by atoms with van der Waals surface area (Å²) in [5, 5.41) is 14.7. The van der Waals surface area contributed by atoms with Crippen molar-refractivity contribution >= 4 is 33.8 Å². The van der Waals surface area contributed by atoms with Crippen molar-refractivity contribution in [3.8, 4) is 23.0 Å². The topological polar surface area (TPSA) is 79.0 Å². The molecule has 0 bridgehead atoms. The minimum Gasteiger partial charge on any atom is -0.269 e. The molecule has 0 spiro atoms. The standard InChI is InChI=1S/C31H23BrN4O2/c1-20-27(30(37)36(31(38)28(20)18-33)21(2)22-9-5-3-6-10-22)17-24-19-35(26-11-7-4-8-12-26)34-29(24)23-13-15-25(32)16-14-23/h3-17,19,21H,1-2H3/b27-17+. The van der Waals surface area contributed by atoms with Gasteiger partial charge in [0.15, 0.2) is 0 Å². The minimum absolute atomic E-state index is 0.0423. The zero-order valence-electron chi connectivity index (χ0n) is 20.8. The van der Waals surface area contributed by atoms with Crippen LogP contribution in [0, 0.1) is 11.3 Å². The van der Waals surface area contributed by atoms with E-state index in [4.69, 9.17) is 5.10 Å². The number of aromatic nitrogens is 2. The predicted octanol–water partition coefficient (Wildman–Crippen LogP) is 6.66. The highest BCUT2D eigenvalue weighted by Crippen LogP contribution is 2.34. The van der Waals surface area contributed by atoms with Gasteiger partial charge in [0.05, 0.1) is 17.4 Å². The molecule has 0 radical (unpaired) electrons. The SMILES string of the molecule is CC1=C(C#N)C(=O)N(C(C)c2ccccc2)C(=O)/C1=C/c1cn(-c2ccccc2)nc1-c1ccc(Br)cc1. The number of hydrogen-bond acceptors (Lipinski definition) is 4. The maximum absolute atomic E-state index is 13.9. The smallest absolute Gasteiger partial charge is 0.269 e. The Hall–Kier alpha value is -4.54. The molecule has 0 saturated heterocycles. The van der Waals surface area contributed by atoms with Crippen LogP contribution in [0.15, 0.2) is 112 Å². The highest BCUT2D eigenvalue weighted by molar-refractivity contribution is 9.10. The second-order valence-electron chi connectivity index (χ2n) is 8.96. The molecule has 0 aliphatic carbocycles. The first-order valence-corrected chi connectivity index (χ1v) is 12.8. The van der Waals surface area contributed by atoms with Crippen LogP contribution in [0.5, 0.6) is 0 Å². The van der Waals surface area contributed by atoms with Crippen molar-refractivity contribution in [2.45, 2.75) is 19.9 Å². The third-order valence-corrected chi connectivity index (χ3v) is 7.15. The summed E-state index contributed by atoms with van der Waals surface area (Å²) < 4.78 is 2.70. The highest BCUT2D eigenvalue weighted by Gasteiger charge is 2.38. The molecular formula is C31H23BrN4O2. The Morgan fingerprint density at radius 3 is 2.18 bits per heavy atom. The van der Waals surface area contributed by atoms with Crippen LogP contribution < -0.4 is 0 Å². The van der Waals surface area contributed by atoms with Gasteiger partial charge in [-0.1, -0.05) is 76.6 Å². The van der Waals surface area contributed by atoms with Crippen LogP contribution in [-0.4, -0.2) is 26.5 Å². The first kappa shape index (κ1) is 25.1. The number of nitriles is 1. The maximum atomic E-state index is 13.9. The van der Waals surface area contributed by atoms with E-state index in [0.717, 1.165) is 21.3 Å². The zero-order valence-corrected chi connectivity index (χ0v) is 22.4. The summed E-state index contributed by atoms with van der Waals surface area (Å²) in [7, 11) is 0. The lowest BCUT2D eigenvalue weighted by atomic mass is 9.91. The summed E-state index contributed by atoms with van der Waals surface area (Å²) in [5.74, 6) is -1.03. The molecule has 0 fully saturated rings. The van der Waals surface area contributed by atoms with Gasteiger partial charge in [-0.2, -0.15) is 10.4 Å². The molecule has 1 aliphatic heterocycles. The molecule has 186 valence electrons. The van der Waals surface area contributed by atoms with Crippen molar-refractivity contribution in [2.75, 3.05) is 0 Å². The van der Waals surface area contributed by atoms with Crippen molar-refractivity contribution in [3.63, 3.8) is 0 Å². The molecule has 0 N–H and O–H groups in total. The summed E-state index contributed by atoms with van der Waals surface area (Å²) in [4.78, 5) is 28.3. The molecule has 1 aromatic heterocycles. The Labute approximate surface area is 229 Å². The predicted molar refractivity (Wildman–Crippen MR) is 150 cm³/mol. The van der Waals surface area contributed by atoms with Gasteiger partial charge >= 0.3 is 0 Å². The van der Waals surface area contributed by atoms with Gasteiger partial charge in [-0.25, -0.2) is 4.68 Å². The third-order valence-electron chi connectivity index (χ3n) is 6.62. The number of halogens is 1. The molecular weight excluding hydrogens is 540 g/mol. The summed E-state index contributed by atoms with van der Waals surface area (Å²) in [5.41, 5.74) is 4.50. The van der Waals surface area contributed by atoms with Gasteiger partial charge in [0.25, 0.3) is 11.8 Å². The van der Waals surface area contributed by atoms with Crippen LogP contribution in [0.1, 0.15) is 31.0 Å². The van der Waals surface area contributed by atoms with E-state index in [1.807, 2.05) is 97.2 Å². The van der Waals surface area contributed by atoms with Crippen LogP contribution in [-0.2, 0) is 9.59 Å². The lowest BCUT2D eigenvalue weighted by molar-refractivity contribution is -0.143. The molecule has 6 nitrogen and oxygen atoms in total. The average molecular weight is 563 g/mol. The van der Waals surface area contributed by atoms with Crippen LogP contribution in [0.3, 0.4) is 0 Å². The maximum Gasteiger partial charge on any atom is 0.272 e. The molecule has 1 unspecified atom stereocenters. The molecule has 2 amide bonds. The quantitative estimate of drug-likeness (QED) is 0.201. The Morgan fingerprint density at radius 2 is 1.55 bits per heavy atom. The van der Waals surface area contributed by atoms with Crippen molar-refractivity contribution in [2.24, 2.45) is 0 Å². The normalized spacial score (nSPS) is 15.6. The van der Waals surface area contributed by atoms with Gasteiger partial charge in [-0.3, -0.25) is 14.5 Å². The van der Waals surface area contributed by atoms with E-state index in [1.165, 1.54) is 4.90 Å². The minimum atomic E-state index is -0.586. The number of rotatable bonds is 5. The highest BCUT2D eigenvalue weighted by atomic mass is 79.9. The summed E-state index contributed by atoms with van der Waals surface area (Å²) in [6.07, 6.45) is 3.59. The Balaban J connectivity index is 1.67. The largest absolute Gasteiger partial charge is 0.272 e. The number of hydrogen-bond donors (Lipinski definition) is 0. The van der Waals surface area contributed by atoms with Crippen LogP contribution in [0.25, 0.3) is 23.0 Å². The molecule has 1 atom stereocenters. The Morgan fingerprint density at radius 1 is 0.921 bits per heavy atom. The molecule has 38 heavy (non-hydrogen) atoms. The van der Waals surface area contributed by atoms with E-state index in [1.54, 1.807) is 24.6 Å². The first-order chi connectivity index (χ1) is 18.4. The van der Waals surface area contributed by atoms with E-state index in [2.05, 4.69) is 15.9 Å². The van der Waals surface area contributed by atoms with Gasteiger partial charge in [0.1, 0.15) is 11.6 Å². The summed E-state index contributed by atoms with van der Waals surface area (Å²) in [6, 6.07) is 28.2. The number of carbonyl (C=O) groups is 2. The molecule has 5 rings (SSSR count). The van der Waals surface area contributed by atoms with Gasteiger partial charge in [0, 0.05) is 27.4 Å². The number of carbonyl (C=O) groups excluding carboxylic acids is 2. The number of amides is 2. The van der Waals surface area contributed by atoms with Crippen LogP contribution >= 0.6 is 15.9 Å². The molecule has 4 aromatic rings. The van der Waals surface area contributed by atoms with E-state index in [0.29, 0.717) is 16.8 Å². The van der Waals surface area contributed by atoms with Crippen molar-refractivity contribution in [1.82, 2.24) is 14.7 Å². The number of para-hydroxylation sites is 1. The average Bonchev–Trinajstić information content (AvgIpc) is 3.36. The second-order valence-corrected chi connectivity index (χ2v) is 9.87. The number of benzene rings is 3. The van der Waals surface area contributed by atoms with E-state index in [-0.39, 0.29) is 11.1 Å². The van der Waals surface area contributed by atoms with Crippen LogP contribution in [0.4, 0.5) is 0 Å². The fourth-order valence-corrected chi connectivity index (χ4v) is 4.79. The molecule has 3 aromatic carbocycles. The molecule has 1 aliphatic rings. The molecule has 0 saturated carbocycles. The van der Waals surface area contributed by atoms with Crippen molar-refractivity contribution in [1.29, 1.82) is 5.26 Å². The van der Waals surface area contributed by atoms with Gasteiger partial charge in [-0.15, -0.1) is 0 Å². The number of nitrogens with zero attached hydrogens (tertiary/aromatic N) is 4. The monoisotopic (exact) mass is 562 g/mol. The lowest BCUT2D eigenvalue weighted by Gasteiger charge is -2.32. The van der Waals surface area contributed by atoms with Crippen molar-refractivity contribution in [3.05, 3.63) is 123 Å². The Kier molecular flexibility index (Phi) is 6.91. The molecule has 7 heteroatoms. The van der Waals surface area contributed by atoms with Gasteiger partial charge < -0.3 is 0 Å². The first-order valence-electron chi connectivity index (χ1n) is 12.1. The summed E-state index contributed by atoms with van der Waals surface area (Å²) in [6.45, 7) is 3.44. The number of imide groups is 1. The zero-order chi connectivity index (χ0) is 26.8. The van der Waals surface area contributed by atoms with Gasteiger partial charge in [-0.05, 0) is 55.3 Å². The fraction of sp³-hybridized carbons (Fsp3) is 0.0968. The Bertz CT molecular complexity index is 1630. The lowest BCUT2D eigenvalue weighted by Crippen LogP contribution is -2.44. The van der Waals surface area contributed by atoms with E-state index < -0.39 is 17.9 Å². The van der Waals surface area contributed by atoms with Crippen molar-refractivity contribution < 1.29 is 9.59 Å². The second kappa shape index (κ2) is 10.4. The van der Waals surface area contributed by atoms with E-state index >= 15 is 0 Å². The molecule has 2 heterocycles. The summed E-state index contributed by atoms with van der Waals surface area (Å²) >= 11 is 3.48. The van der Waals surface area contributed by atoms with Crippen LogP contribution in [0.2, 0.25) is 0 Å².